The Morgan fingerprint density at radius 2 is 1.34 bits per heavy atom. The Balaban J connectivity index is 1.50. The Kier molecular flexibility index (Phi) is 15.1. The molecule has 2 amide bonds. The molecule has 0 spiro atoms. The minimum Gasteiger partial charge on any atom is -0.460 e. The van der Waals surface area contributed by atoms with E-state index in [1.165, 1.54) is 0 Å². The predicted octanol–water partition coefficient (Wildman–Crippen LogP) is 9.44. The third kappa shape index (κ3) is 15.3. The second-order valence-corrected chi connectivity index (χ2v) is 19.8. The van der Waals surface area contributed by atoms with E-state index in [0.29, 0.717) is 51.7 Å². The van der Waals surface area contributed by atoms with Crippen LogP contribution in [-0.2, 0) is 41.4 Å². The van der Waals surface area contributed by atoms with Crippen molar-refractivity contribution in [2.75, 3.05) is 26.7 Å². The lowest BCUT2D eigenvalue weighted by Crippen LogP contribution is -2.38. The van der Waals surface area contributed by atoms with Crippen LogP contribution >= 0.6 is 0 Å². The molecule has 1 aliphatic rings. The average molecular weight is 817 g/mol. The molecule has 2 aromatic carbocycles. The number of likely N-dealkylation sites (tertiary alicyclic amines) is 1. The van der Waals surface area contributed by atoms with E-state index in [0.717, 1.165) is 28.1 Å². The maximum absolute atomic E-state index is 13.7. The maximum atomic E-state index is 13.7. The van der Waals surface area contributed by atoms with Crippen molar-refractivity contribution in [1.29, 1.82) is 0 Å². The smallest absolute Gasteiger partial charge is 0.410 e. The standard InChI is InChI=1S/C47H68N4O8/c1-44(2,3)56-40(52)35(20-16-24-49(13)42(54)58-46(7,8)9)28-32-17-14-19-34(27-32)39-23-26-51(48-39)37-21-15-18-33(29-37)30-38(41(53)57-45(4,5)6)36-22-25-50(31-36)43(55)59-47(10,11)12/h14-15,17-19,21,23,26-27,29,35-36,38H,16,20,22,24-25,28,30-31H2,1-13H3. The predicted molar refractivity (Wildman–Crippen MR) is 229 cm³/mol. The molecule has 324 valence electrons. The molecule has 12 heteroatoms. The minimum atomic E-state index is -0.652. The van der Waals surface area contributed by atoms with Crippen LogP contribution in [0.5, 0.6) is 0 Å². The Morgan fingerprint density at radius 3 is 1.97 bits per heavy atom. The van der Waals surface area contributed by atoms with Crippen LogP contribution in [0.25, 0.3) is 16.9 Å². The molecule has 1 aliphatic heterocycles. The SMILES string of the molecule is CN(CCCC(Cc1cccc(-c2ccn(-c3cccc(CC(C(=O)OC(C)(C)C)C4CCN(C(=O)OC(C)(C)C)C4)c3)n2)c1)C(=O)OC(C)(C)C)C(=O)OC(C)(C)C. The van der Waals surface area contributed by atoms with Crippen molar-refractivity contribution in [2.45, 2.75) is 138 Å². The van der Waals surface area contributed by atoms with Crippen molar-refractivity contribution in [3.63, 3.8) is 0 Å². The summed E-state index contributed by atoms with van der Waals surface area (Å²) in [5.74, 6) is -1.50. The molecule has 3 atom stereocenters. The van der Waals surface area contributed by atoms with E-state index in [2.05, 4.69) is 6.07 Å². The van der Waals surface area contributed by atoms with Crippen molar-refractivity contribution in [3.05, 3.63) is 71.9 Å². The summed E-state index contributed by atoms with van der Waals surface area (Å²) < 4.78 is 24.7. The number of carbonyl (C=O) groups excluding carboxylic acids is 4. The Labute approximate surface area is 351 Å². The molecule has 0 radical (unpaired) electrons. The first-order valence-corrected chi connectivity index (χ1v) is 20.9. The summed E-state index contributed by atoms with van der Waals surface area (Å²) in [6.45, 7) is 23.6. The lowest BCUT2D eigenvalue weighted by Gasteiger charge is -2.28. The van der Waals surface area contributed by atoms with Gasteiger partial charge < -0.3 is 28.7 Å². The normalized spacial score (nSPS) is 15.9. The van der Waals surface area contributed by atoms with Crippen LogP contribution in [0.2, 0.25) is 0 Å². The number of hydrogen-bond donors (Lipinski definition) is 0. The van der Waals surface area contributed by atoms with Gasteiger partial charge in [0.05, 0.1) is 23.2 Å². The van der Waals surface area contributed by atoms with Gasteiger partial charge >= 0.3 is 24.1 Å². The first-order chi connectivity index (χ1) is 27.2. The number of carbonyl (C=O) groups is 4. The summed E-state index contributed by atoms with van der Waals surface area (Å²) in [7, 11) is 1.70. The van der Waals surface area contributed by atoms with Crippen LogP contribution in [0, 0.1) is 17.8 Å². The van der Waals surface area contributed by atoms with E-state index in [1.54, 1.807) is 16.8 Å². The highest BCUT2D eigenvalue weighted by atomic mass is 16.6. The second kappa shape index (κ2) is 19.0. The van der Waals surface area contributed by atoms with Gasteiger partial charge in [0.25, 0.3) is 0 Å². The lowest BCUT2D eigenvalue weighted by atomic mass is 9.86. The molecule has 4 rings (SSSR count). The molecule has 0 aliphatic carbocycles. The van der Waals surface area contributed by atoms with Gasteiger partial charge in [0.15, 0.2) is 0 Å². The number of ether oxygens (including phenoxy) is 4. The summed E-state index contributed by atoms with van der Waals surface area (Å²) in [6.07, 6.45) is 3.88. The van der Waals surface area contributed by atoms with E-state index in [4.69, 9.17) is 24.0 Å². The summed E-state index contributed by atoms with van der Waals surface area (Å²) in [6, 6.07) is 18.0. The number of aromatic nitrogens is 2. The highest BCUT2D eigenvalue weighted by molar-refractivity contribution is 5.75. The van der Waals surface area contributed by atoms with Crippen molar-refractivity contribution in [2.24, 2.45) is 17.8 Å². The third-order valence-corrected chi connectivity index (χ3v) is 9.57. The van der Waals surface area contributed by atoms with Crippen molar-refractivity contribution in [1.82, 2.24) is 19.6 Å². The molecule has 1 fully saturated rings. The number of rotatable bonds is 13. The van der Waals surface area contributed by atoms with E-state index in [1.807, 2.05) is 142 Å². The molecule has 3 unspecified atom stereocenters. The highest BCUT2D eigenvalue weighted by Crippen LogP contribution is 2.32. The molecular formula is C47H68N4O8. The molecule has 12 nitrogen and oxygen atoms in total. The molecule has 2 heterocycles. The van der Waals surface area contributed by atoms with Crippen LogP contribution in [-0.4, -0.2) is 92.8 Å². The van der Waals surface area contributed by atoms with Crippen LogP contribution in [0.15, 0.2) is 60.8 Å². The highest BCUT2D eigenvalue weighted by Gasteiger charge is 2.39. The number of esters is 2. The Hall–Kier alpha value is -4.87. The summed E-state index contributed by atoms with van der Waals surface area (Å²) in [5, 5.41) is 4.93. The fraction of sp³-hybridized carbons (Fsp3) is 0.596. The summed E-state index contributed by atoms with van der Waals surface area (Å²) in [5.41, 5.74) is 1.97. The van der Waals surface area contributed by atoms with Gasteiger partial charge in [-0.3, -0.25) is 9.59 Å². The molecular weight excluding hydrogens is 749 g/mol. The van der Waals surface area contributed by atoms with Crippen molar-refractivity contribution in [3.8, 4) is 16.9 Å². The van der Waals surface area contributed by atoms with Gasteiger partial charge in [-0.1, -0.05) is 30.3 Å². The topological polar surface area (TPSA) is 130 Å². The minimum absolute atomic E-state index is 0.0851. The molecule has 0 saturated carbocycles. The fourth-order valence-corrected chi connectivity index (χ4v) is 6.97. The van der Waals surface area contributed by atoms with Crippen LogP contribution in [0.3, 0.4) is 0 Å². The molecule has 1 saturated heterocycles. The van der Waals surface area contributed by atoms with Crippen molar-refractivity contribution < 1.29 is 38.1 Å². The maximum Gasteiger partial charge on any atom is 0.410 e. The Morgan fingerprint density at radius 1 is 0.746 bits per heavy atom. The first kappa shape index (κ1) is 46.8. The zero-order valence-electron chi connectivity index (χ0n) is 37.7. The molecule has 0 bridgehead atoms. The molecule has 59 heavy (non-hydrogen) atoms. The van der Waals surface area contributed by atoms with Gasteiger partial charge in [-0.15, -0.1) is 0 Å². The average Bonchev–Trinajstić information content (AvgIpc) is 3.79. The Bertz CT molecular complexity index is 1910. The quantitative estimate of drug-likeness (QED) is 0.122. The van der Waals surface area contributed by atoms with Gasteiger partial charge in [-0.2, -0.15) is 5.10 Å². The van der Waals surface area contributed by atoms with Crippen LogP contribution in [0.4, 0.5) is 9.59 Å². The van der Waals surface area contributed by atoms with Crippen LogP contribution in [0.1, 0.15) is 113 Å². The zero-order valence-corrected chi connectivity index (χ0v) is 37.7. The van der Waals surface area contributed by atoms with E-state index >= 15 is 0 Å². The second-order valence-electron chi connectivity index (χ2n) is 19.8. The number of nitrogens with zero attached hydrogens (tertiary/aromatic N) is 4. The van der Waals surface area contributed by atoms with Crippen molar-refractivity contribution >= 4 is 24.1 Å². The van der Waals surface area contributed by atoms with Gasteiger partial charge in [-0.25, -0.2) is 14.3 Å². The number of hydrogen-bond acceptors (Lipinski definition) is 9. The number of benzene rings is 2. The monoisotopic (exact) mass is 817 g/mol. The number of amides is 2. The van der Waals surface area contributed by atoms with E-state index < -0.39 is 40.3 Å². The van der Waals surface area contributed by atoms with Gasteiger partial charge in [0, 0.05) is 38.4 Å². The van der Waals surface area contributed by atoms with E-state index in [9.17, 15) is 19.2 Å². The molecule has 0 N–H and O–H groups in total. The van der Waals surface area contributed by atoms with Gasteiger partial charge in [-0.05, 0) is 156 Å². The van der Waals surface area contributed by atoms with Gasteiger partial charge in [0.2, 0.25) is 0 Å². The van der Waals surface area contributed by atoms with Crippen LogP contribution < -0.4 is 0 Å². The summed E-state index contributed by atoms with van der Waals surface area (Å²) >= 11 is 0. The van der Waals surface area contributed by atoms with Gasteiger partial charge in [0.1, 0.15) is 22.4 Å². The fourth-order valence-electron chi connectivity index (χ4n) is 6.97. The molecule has 1 aromatic heterocycles. The lowest BCUT2D eigenvalue weighted by molar-refractivity contribution is -0.162. The van der Waals surface area contributed by atoms with E-state index in [-0.39, 0.29) is 23.9 Å². The largest absolute Gasteiger partial charge is 0.460 e. The summed E-state index contributed by atoms with van der Waals surface area (Å²) in [4.78, 5) is 55.8. The molecule has 3 aromatic rings. The zero-order chi connectivity index (χ0) is 43.9. The third-order valence-electron chi connectivity index (χ3n) is 9.57. The first-order valence-electron chi connectivity index (χ1n) is 20.9.